The first kappa shape index (κ1) is 15.1. The van der Waals surface area contributed by atoms with Gasteiger partial charge >= 0.3 is 0 Å². The van der Waals surface area contributed by atoms with Crippen LogP contribution in [0.3, 0.4) is 0 Å². The Balaban J connectivity index is 2.24. The van der Waals surface area contributed by atoms with Gasteiger partial charge in [0.2, 0.25) is 0 Å². The van der Waals surface area contributed by atoms with Gasteiger partial charge < -0.3 is 5.32 Å². The van der Waals surface area contributed by atoms with Gasteiger partial charge in [-0.25, -0.2) is 4.39 Å². The molecule has 0 amide bonds. The predicted molar refractivity (Wildman–Crippen MR) is 82.6 cm³/mol. The second kappa shape index (κ2) is 6.45. The fraction of sp³-hybridized carbons (Fsp3) is 0.0714. The van der Waals surface area contributed by atoms with Crippen LogP contribution in [0.25, 0.3) is 0 Å². The number of nitriles is 1. The van der Waals surface area contributed by atoms with Gasteiger partial charge in [0.15, 0.2) is 0 Å². The van der Waals surface area contributed by atoms with E-state index < -0.39 is 0 Å². The molecule has 2 rings (SSSR count). The number of rotatable bonds is 3. The lowest BCUT2D eigenvalue weighted by atomic mass is 10.1. The molecular weight excluding hydrogens is 366 g/mol. The van der Waals surface area contributed by atoms with E-state index in [4.69, 9.17) is 28.5 Å². The van der Waals surface area contributed by atoms with Crippen molar-refractivity contribution >= 4 is 44.8 Å². The molecule has 0 saturated carbocycles. The monoisotopic (exact) mass is 372 g/mol. The molecule has 0 heterocycles. The van der Waals surface area contributed by atoms with E-state index in [1.165, 1.54) is 18.2 Å². The van der Waals surface area contributed by atoms with Gasteiger partial charge in [-0.05, 0) is 51.8 Å². The molecule has 0 aliphatic rings. The standard InChI is InChI=1S/C14H8BrCl2FN2/c15-11-3-4-12(14(17)13(11)16)20-7-9-5-10(18)2-1-8(9)6-19/h1-5,20H,7H2. The molecule has 0 aliphatic heterocycles. The van der Waals surface area contributed by atoms with Gasteiger partial charge in [-0.2, -0.15) is 5.26 Å². The number of nitrogens with zero attached hydrogens (tertiary/aromatic N) is 1. The summed E-state index contributed by atoms with van der Waals surface area (Å²) < 4.78 is 13.9. The van der Waals surface area contributed by atoms with Crippen LogP contribution in [0.2, 0.25) is 10.0 Å². The van der Waals surface area contributed by atoms with Crippen molar-refractivity contribution in [3.63, 3.8) is 0 Å². The minimum Gasteiger partial charge on any atom is -0.380 e. The van der Waals surface area contributed by atoms with Gasteiger partial charge in [-0.15, -0.1) is 0 Å². The van der Waals surface area contributed by atoms with Gasteiger partial charge in [-0.3, -0.25) is 0 Å². The third-order valence-electron chi connectivity index (χ3n) is 2.69. The highest BCUT2D eigenvalue weighted by Gasteiger charge is 2.09. The molecule has 0 fully saturated rings. The van der Waals surface area contributed by atoms with Crippen LogP contribution in [0, 0.1) is 17.1 Å². The molecule has 0 atom stereocenters. The molecule has 0 radical (unpaired) electrons. The maximum atomic E-state index is 13.2. The second-order valence-electron chi connectivity index (χ2n) is 3.99. The van der Waals surface area contributed by atoms with Crippen molar-refractivity contribution in [1.29, 1.82) is 5.26 Å². The minimum atomic E-state index is -0.388. The van der Waals surface area contributed by atoms with Gasteiger partial charge in [0, 0.05) is 11.0 Å². The van der Waals surface area contributed by atoms with Crippen LogP contribution in [-0.2, 0) is 6.54 Å². The molecule has 0 bridgehead atoms. The molecule has 2 aromatic rings. The van der Waals surface area contributed by atoms with Crippen LogP contribution in [0.15, 0.2) is 34.8 Å². The summed E-state index contributed by atoms with van der Waals surface area (Å²) in [6.07, 6.45) is 0. The summed E-state index contributed by atoms with van der Waals surface area (Å²) in [6.45, 7) is 0.276. The van der Waals surface area contributed by atoms with E-state index in [0.29, 0.717) is 31.3 Å². The van der Waals surface area contributed by atoms with Crippen LogP contribution in [-0.4, -0.2) is 0 Å². The lowest BCUT2D eigenvalue weighted by molar-refractivity contribution is 0.625. The molecule has 0 saturated heterocycles. The largest absolute Gasteiger partial charge is 0.380 e. The van der Waals surface area contributed by atoms with Crippen molar-refractivity contribution in [2.24, 2.45) is 0 Å². The number of anilines is 1. The molecule has 0 aliphatic carbocycles. The number of halogens is 4. The zero-order valence-corrected chi connectivity index (χ0v) is 13.2. The van der Waals surface area contributed by atoms with E-state index in [2.05, 4.69) is 21.2 Å². The molecule has 6 heteroatoms. The van der Waals surface area contributed by atoms with Crippen LogP contribution < -0.4 is 5.32 Å². The maximum Gasteiger partial charge on any atom is 0.123 e. The molecule has 20 heavy (non-hydrogen) atoms. The lowest BCUT2D eigenvalue weighted by Gasteiger charge is -2.11. The fourth-order valence-electron chi connectivity index (χ4n) is 1.67. The molecule has 0 spiro atoms. The molecule has 2 aromatic carbocycles. The average Bonchev–Trinajstić information content (AvgIpc) is 2.44. The van der Waals surface area contributed by atoms with Crippen molar-refractivity contribution < 1.29 is 4.39 Å². The molecule has 102 valence electrons. The Kier molecular flexibility index (Phi) is 4.87. The average molecular weight is 374 g/mol. The molecule has 0 unspecified atom stereocenters. The van der Waals surface area contributed by atoms with E-state index in [0.717, 1.165) is 0 Å². The number of nitrogens with one attached hydrogen (secondary N) is 1. The second-order valence-corrected chi connectivity index (χ2v) is 5.60. The molecular formula is C14H8BrCl2FN2. The highest BCUT2D eigenvalue weighted by Crippen LogP contribution is 2.36. The molecule has 2 nitrogen and oxygen atoms in total. The maximum absolute atomic E-state index is 13.2. The van der Waals surface area contributed by atoms with Crippen molar-refractivity contribution in [2.45, 2.75) is 6.54 Å². The van der Waals surface area contributed by atoms with Crippen LogP contribution in [0.4, 0.5) is 10.1 Å². The Morgan fingerprint density at radius 1 is 1.20 bits per heavy atom. The zero-order valence-electron chi connectivity index (χ0n) is 10.1. The summed E-state index contributed by atoms with van der Waals surface area (Å²) in [5.41, 5.74) is 1.59. The first-order chi connectivity index (χ1) is 9.52. The van der Waals surface area contributed by atoms with E-state index in [1.807, 2.05) is 6.07 Å². The summed E-state index contributed by atoms with van der Waals surface area (Å²) >= 11 is 15.4. The van der Waals surface area contributed by atoms with Gasteiger partial charge in [0.1, 0.15) is 5.82 Å². The quantitative estimate of drug-likeness (QED) is 0.733. The Morgan fingerprint density at radius 3 is 2.65 bits per heavy atom. The van der Waals surface area contributed by atoms with Crippen LogP contribution in [0.1, 0.15) is 11.1 Å². The zero-order chi connectivity index (χ0) is 14.7. The van der Waals surface area contributed by atoms with Crippen LogP contribution in [0.5, 0.6) is 0 Å². The van der Waals surface area contributed by atoms with E-state index in [1.54, 1.807) is 12.1 Å². The fourth-order valence-corrected chi connectivity index (χ4v) is 2.51. The van der Waals surface area contributed by atoms with Gasteiger partial charge in [0.25, 0.3) is 0 Å². The highest BCUT2D eigenvalue weighted by molar-refractivity contribution is 9.10. The van der Waals surface area contributed by atoms with Crippen molar-refractivity contribution in [3.8, 4) is 6.07 Å². The first-order valence-corrected chi connectivity index (χ1v) is 7.13. The van der Waals surface area contributed by atoms with E-state index in [-0.39, 0.29) is 12.4 Å². The third kappa shape index (κ3) is 3.24. The Morgan fingerprint density at radius 2 is 1.95 bits per heavy atom. The summed E-state index contributed by atoms with van der Waals surface area (Å²) in [6, 6.07) is 9.55. The van der Waals surface area contributed by atoms with Crippen LogP contribution >= 0.6 is 39.1 Å². The van der Waals surface area contributed by atoms with Crippen molar-refractivity contribution in [1.82, 2.24) is 0 Å². The SMILES string of the molecule is N#Cc1ccc(F)cc1CNc1ccc(Br)c(Cl)c1Cl. The Labute approximate surface area is 134 Å². The topological polar surface area (TPSA) is 35.8 Å². The number of hydrogen-bond acceptors (Lipinski definition) is 2. The van der Waals surface area contributed by atoms with E-state index >= 15 is 0 Å². The summed E-state index contributed by atoms with van der Waals surface area (Å²) in [7, 11) is 0. The third-order valence-corrected chi connectivity index (χ3v) is 4.46. The smallest absolute Gasteiger partial charge is 0.123 e. The van der Waals surface area contributed by atoms with Crippen molar-refractivity contribution in [2.75, 3.05) is 5.32 Å². The molecule has 0 aromatic heterocycles. The molecule has 1 N–H and O–H groups in total. The minimum absolute atomic E-state index is 0.276. The van der Waals surface area contributed by atoms with Gasteiger partial charge in [0.05, 0.1) is 27.4 Å². The van der Waals surface area contributed by atoms with Gasteiger partial charge in [-0.1, -0.05) is 23.2 Å². The van der Waals surface area contributed by atoms with E-state index in [9.17, 15) is 4.39 Å². The first-order valence-electron chi connectivity index (χ1n) is 5.59. The normalized spacial score (nSPS) is 10.2. The predicted octanol–water partition coefficient (Wildman–Crippen LogP) is 5.38. The highest BCUT2D eigenvalue weighted by atomic mass is 79.9. The summed E-state index contributed by atoms with van der Waals surface area (Å²) in [5.74, 6) is -0.388. The summed E-state index contributed by atoms with van der Waals surface area (Å²) in [5, 5.41) is 12.8. The lowest BCUT2D eigenvalue weighted by Crippen LogP contribution is -2.03. The number of benzene rings is 2. The van der Waals surface area contributed by atoms with Crippen molar-refractivity contribution in [3.05, 3.63) is 61.8 Å². The Bertz CT molecular complexity index is 698. The number of hydrogen-bond donors (Lipinski definition) is 1. The summed E-state index contributed by atoms with van der Waals surface area (Å²) in [4.78, 5) is 0. The Hall–Kier alpha value is -1.28.